The SMILES string of the molecule is CC(C)C(C)N(O)C=O. The van der Waals surface area contributed by atoms with Gasteiger partial charge in [-0.25, -0.2) is 5.06 Å². The number of hydroxylamine groups is 2. The molecule has 1 unspecified atom stereocenters. The zero-order chi connectivity index (χ0) is 7.44. The molecule has 0 aromatic heterocycles. The van der Waals surface area contributed by atoms with Crippen molar-refractivity contribution < 1.29 is 10.0 Å². The summed E-state index contributed by atoms with van der Waals surface area (Å²) in [5.74, 6) is 0.292. The van der Waals surface area contributed by atoms with Gasteiger partial charge < -0.3 is 0 Å². The second-order valence-electron chi connectivity index (χ2n) is 2.47. The Morgan fingerprint density at radius 1 is 1.44 bits per heavy atom. The monoisotopic (exact) mass is 131 g/mol. The number of hydrogen-bond donors (Lipinski definition) is 1. The van der Waals surface area contributed by atoms with Gasteiger partial charge in [-0.2, -0.15) is 0 Å². The van der Waals surface area contributed by atoms with Gasteiger partial charge in [-0.15, -0.1) is 0 Å². The van der Waals surface area contributed by atoms with Crippen molar-refractivity contribution in [2.75, 3.05) is 0 Å². The van der Waals surface area contributed by atoms with Crippen LogP contribution in [-0.4, -0.2) is 22.7 Å². The molecule has 3 nitrogen and oxygen atoms in total. The van der Waals surface area contributed by atoms with E-state index in [1.165, 1.54) is 0 Å². The largest absolute Gasteiger partial charge is 0.286 e. The van der Waals surface area contributed by atoms with Crippen LogP contribution in [0.1, 0.15) is 20.8 Å². The molecule has 0 saturated heterocycles. The Balaban J connectivity index is 3.71. The Bertz CT molecular complexity index is 93.1. The third-order valence-corrected chi connectivity index (χ3v) is 1.49. The number of carbonyl (C=O) groups is 1. The van der Waals surface area contributed by atoms with Crippen LogP contribution in [0.15, 0.2) is 0 Å². The minimum Gasteiger partial charge on any atom is -0.286 e. The summed E-state index contributed by atoms with van der Waals surface area (Å²) in [4.78, 5) is 9.93. The van der Waals surface area contributed by atoms with E-state index in [2.05, 4.69) is 0 Å². The minimum atomic E-state index is -0.0949. The summed E-state index contributed by atoms with van der Waals surface area (Å²) >= 11 is 0. The van der Waals surface area contributed by atoms with Crippen LogP contribution >= 0.6 is 0 Å². The van der Waals surface area contributed by atoms with Crippen molar-refractivity contribution >= 4 is 6.41 Å². The zero-order valence-corrected chi connectivity index (χ0v) is 6.03. The normalized spacial score (nSPS) is 13.4. The number of nitrogens with zero attached hydrogens (tertiary/aromatic N) is 1. The fourth-order valence-corrected chi connectivity index (χ4v) is 0.401. The van der Waals surface area contributed by atoms with Gasteiger partial charge in [-0.05, 0) is 12.8 Å². The number of amides is 1. The van der Waals surface area contributed by atoms with Crippen molar-refractivity contribution in [3.05, 3.63) is 0 Å². The molecule has 1 N–H and O–H groups in total. The highest BCUT2D eigenvalue weighted by molar-refractivity contribution is 5.45. The Morgan fingerprint density at radius 3 is 2.00 bits per heavy atom. The molecular formula is C6H13NO2. The van der Waals surface area contributed by atoms with Crippen LogP contribution in [0, 0.1) is 5.92 Å². The molecule has 0 rings (SSSR count). The van der Waals surface area contributed by atoms with Crippen LogP contribution in [0.25, 0.3) is 0 Å². The van der Waals surface area contributed by atoms with Crippen molar-refractivity contribution in [2.45, 2.75) is 26.8 Å². The first-order valence-corrected chi connectivity index (χ1v) is 3.02. The maximum absolute atomic E-state index is 9.93. The van der Waals surface area contributed by atoms with Crippen LogP contribution in [0.5, 0.6) is 0 Å². The number of rotatable bonds is 3. The highest BCUT2D eigenvalue weighted by Gasteiger charge is 2.11. The van der Waals surface area contributed by atoms with Crippen molar-refractivity contribution in [3.63, 3.8) is 0 Å². The molecule has 0 bridgehead atoms. The summed E-state index contributed by atoms with van der Waals surface area (Å²) < 4.78 is 0. The molecule has 0 aromatic rings. The van der Waals surface area contributed by atoms with Gasteiger partial charge in [0.2, 0.25) is 6.41 Å². The lowest BCUT2D eigenvalue weighted by molar-refractivity contribution is -0.162. The first kappa shape index (κ1) is 8.43. The van der Waals surface area contributed by atoms with Crippen molar-refractivity contribution in [1.82, 2.24) is 5.06 Å². The quantitative estimate of drug-likeness (QED) is 0.351. The van der Waals surface area contributed by atoms with Crippen molar-refractivity contribution in [3.8, 4) is 0 Å². The summed E-state index contributed by atoms with van der Waals surface area (Å²) in [5.41, 5.74) is 0. The summed E-state index contributed by atoms with van der Waals surface area (Å²) in [6, 6.07) is -0.0949. The van der Waals surface area contributed by atoms with E-state index in [4.69, 9.17) is 5.21 Å². The van der Waals surface area contributed by atoms with Gasteiger partial charge in [-0.3, -0.25) is 10.0 Å². The molecule has 3 heteroatoms. The number of carbonyl (C=O) groups excluding carboxylic acids is 1. The first-order chi connectivity index (χ1) is 4.09. The van der Waals surface area contributed by atoms with Gasteiger partial charge >= 0.3 is 0 Å². The zero-order valence-electron chi connectivity index (χ0n) is 6.03. The van der Waals surface area contributed by atoms with Crippen LogP contribution in [0.4, 0.5) is 0 Å². The van der Waals surface area contributed by atoms with E-state index in [0.717, 1.165) is 0 Å². The lowest BCUT2D eigenvalue weighted by Crippen LogP contribution is -2.32. The standard InChI is InChI=1S/C6H13NO2/c1-5(2)6(3)7(9)4-8/h4-6,9H,1-3H3. The second kappa shape index (κ2) is 3.45. The van der Waals surface area contributed by atoms with Crippen LogP contribution in [0.3, 0.4) is 0 Å². The van der Waals surface area contributed by atoms with E-state index >= 15 is 0 Å². The molecule has 0 fully saturated rings. The molecule has 0 aromatic carbocycles. The van der Waals surface area contributed by atoms with E-state index in [0.29, 0.717) is 17.4 Å². The lowest BCUT2D eigenvalue weighted by Gasteiger charge is -2.20. The maximum atomic E-state index is 9.93. The third kappa shape index (κ3) is 2.46. The Morgan fingerprint density at radius 2 is 1.89 bits per heavy atom. The van der Waals surface area contributed by atoms with Crippen LogP contribution < -0.4 is 0 Å². The molecule has 1 atom stereocenters. The molecule has 0 heterocycles. The molecule has 9 heavy (non-hydrogen) atoms. The van der Waals surface area contributed by atoms with Gasteiger partial charge in [0.1, 0.15) is 0 Å². The fraction of sp³-hybridized carbons (Fsp3) is 0.833. The molecule has 0 radical (unpaired) electrons. The predicted molar refractivity (Wildman–Crippen MR) is 34.0 cm³/mol. The molecular weight excluding hydrogens is 118 g/mol. The van der Waals surface area contributed by atoms with Gasteiger partial charge in [0, 0.05) is 0 Å². The number of hydrogen-bond acceptors (Lipinski definition) is 2. The molecule has 1 amide bonds. The average Bonchev–Trinajstić information content (AvgIpc) is 1.84. The molecule has 0 saturated carbocycles. The van der Waals surface area contributed by atoms with Gasteiger partial charge in [0.05, 0.1) is 6.04 Å². The topological polar surface area (TPSA) is 40.5 Å². The molecule has 0 spiro atoms. The van der Waals surface area contributed by atoms with E-state index in [1.54, 1.807) is 6.92 Å². The summed E-state index contributed by atoms with van der Waals surface area (Å²) in [6.07, 6.45) is 0.421. The van der Waals surface area contributed by atoms with Gasteiger partial charge in [0.25, 0.3) is 0 Å². The smallest absolute Gasteiger partial charge is 0.233 e. The first-order valence-electron chi connectivity index (χ1n) is 3.02. The van der Waals surface area contributed by atoms with E-state index in [-0.39, 0.29) is 6.04 Å². The van der Waals surface area contributed by atoms with Gasteiger partial charge in [-0.1, -0.05) is 13.8 Å². The summed E-state index contributed by atoms with van der Waals surface area (Å²) in [6.45, 7) is 5.67. The molecule has 0 aliphatic carbocycles. The minimum absolute atomic E-state index is 0.0949. The maximum Gasteiger partial charge on any atom is 0.233 e. The third-order valence-electron chi connectivity index (χ3n) is 1.49. The van der Waals surface area contributed by atoms with Gasteiger partial charge in [0.15, 0.2) is 0 Å². The van der Waals surface area contributed by atoms with Crippen LogP contribution in [0.2, 0.25) is 0 Å². The fourth-order valence-electron chi connectivity index (χ4n) is 0.401. The molecule has 0 aliphatic heterocycles. The second-order valence-corrected chi connectivity index (χ2v) is 2.47. The van der Waals surface area contributed by atoms with Crippen molar-refractivity contribution in [2.24, 2.45) is 5.92 Å². The Hall–Kier alpha value is -0.570. The highest BCUT2D eigenvalue weighted by Crippen LogP contribution is 2.04. The predicted octanol–water partition coefficient (Wildman–Crippen LogP) is 0.878. The Kier molecular flexibility index (Phi) is 3.24. The molecule has 0 aliphatic rings. The summed E-state index contributed by atoms with van der Waals surface area (Å²) in [5, 5.41) is 9.45. The van der Waals surface area contributed by atoms with E-state index < -0.39 is 0 Å². The molecule has 54 valence electrons. The van der Waals surface area contributed by atoms with E-state index in [9.17, 15) is 4.79 Å². The van der Waals surface area contributed by atoms with E-state index in [1.807, 2.05) is 13.8 Å². The highest BCUT2D eigenvalue weighted by atomic mass is 16.5. The van der Waals surface area contributed by atoms with Crippen molar-refractivity contribution in [1.29, 1.82) is 0 Å². The lowest BCUT2D eigenvalue weighted by atomic mass is 10.1. The average molecular weight is 131 g/mol. The summed E-state index contributed by atoms with van der Waals surface area (Å²) in [7, 11) is 0. The van der Waals surface area contributed by atoms with Crippen LogP contribution in [-0.2, 0) is 4.79 Å². The Labute approximate surface area is 55.2 Å².